The molecule has 0 aliphatic carbocycles. The fourth-order valence-corrected chi connectivity index (χ4v) is 2.50. The molecule has 0 spiro atoms. The molecule has 1 heterocycles. The Bertz CT molecular complexity index is 716. The highest BCUT2D eigenvalue weighted by molar-refractivity contribution is 6.05. The minimum absolute atomic E-state index is 0.356. The Morgan fingerprint density at radius 3 is 1.86 bits per heavy atom. The minimum Gasteiger partial charge on any atom is -0.373 e. The van der Waals surface area contributed by atoms with Crippen LogP contribution >= 0.6 is 0 Å². The molecular weight excluding hydrogens is 274 g/mol. The van der Waals surface area contributed by atoms with Crippen LogP contribution in [0, 0.1) is 0 Å². The third-order valence-corrected chi connectivity index (χ3v) is 3.65. The zero-order valence-corrected chi connectivity index (χ0v) is 11.9. The number of aromatic nitrogens is 1. The number of carbonyl (C=O) groups excluding carboxylic acids is 1. The molecule has 3 rings (SSSR count). The number of carbonyl (C=O) groups is 1. The molecule has 0 aliphatic rings. The van der Waals surface area contributed by atoms with Crippen molar-refractivity contribution in [3.8, 4) is 0 Å². The highest BCUT2D eigenvalue weighted by Crippen LogP contribution is 2.32. The average Bonchev–Trinajstić information content (AvgIpc) is 2.62. The molecule has 3 aromatic rings. The Balaban J connectivity index is 2.18. The Kier molecular flexibility index (Phi) is 3.81. The maximum Gasteiger partial charge on any atom is 0.203 e. The van der Waals surface area contributed by atoms with Crippen molar-refractivity contribution in [1.29, 1.82) is 0 Å². The first-order valence-corrected chi connectivity index (χ1v) is 7.01. The number of aliphatic hydroxyl groups is 1. The first-order chi connectivity index (χ1) is 10.7. The lowest BCUT2D eigenvalue weighted by Gasteiger charge is -2.27. The van der Waals surface area contributed by atoms with E-state index in [-0.39, 0.29) is 5.78 Å². The van der Waals surface area contributed by atoms with E-state index in [2.05, 4.69) is 4.98 Å². The van der Waals surface area contributed by atoms with Crippen molar-refractivity contribution in [3.05, 3.63) is 102 Å². The lowest BCUT2D eigenvalue weighted by atomic mass is 9.80. The molecule has 1 aromatic heterocycles. The summed E-state index contributed by atoms with van der Waals surface area (Å²) >= 11 is 0. The van der Waals surface area contributed by atoms with Crippen molar-refractivity contribution in [1.82, 2.24) is 4.98 Å². The van der Waals surface area contributed by atoms with Gasteiger partial charge >= 0.3 is 0 Å². The van der Waals surface area contributed by atoms with Crippen LogP contribution in [-0.2, 0) is 5.60 Å². The van der Waals surface area contributed by atoms with Crippen LogP contribution < -0.4 is 0 Å². The molecule has 0 fully saturated rings. The Labute approximate surface area is 128 Å². The van der Waals surface area contributed by atoms with E-state index >= 15 is 0 Å². The van der Waals surface area contributed by atoms with Gasteiger partial charge in [-0.1, -0.05) is 60.7 Å². The van der Waals surface area contributed by atoms with Crippen LogP contribution in [0.25, 0.3) is 0 Å². The second-order valence-corrected chi connectivity index (χ2v) is 5.01. The topological polar surface area (TPSA) is 50.2 Å². The van der Waals surface area contributed by atoms with Crippen molar-refractivity contribution in [3.63, 3.8) is 0 Å². The van der Waals surface area contributed by atoms with Gasteiger partial charge in [-0.05, 0) is 23.3 Å². The summed E-state index contributed by atoms with van der Waals surface area (Å²) in [4.78, 5) is 17.0. The van der Waals surface area contributed by atoms with Gasteiger partial charge in [-0.3, -0.25) is 9.78 Å². The normalized spacial score (nSPS) is 13.3. The van der Waals surface area contributed by atoms with Gasteiger partial charge in [-0.2, -0.15) is 0 Å². The third-order valence-electron chi connectivity index (χ3n) is 3.65. The van der Waals surface area contributed by atoms with Gasteiger partial charge in [0.15, 0.2) is 5.60 Å². The second kappa shape index (κ2) is 5.92. The van der Waals surface area contributed by atoms with Gasteiger partial charge in [-0.15, -0.1) is 0 Å². The number of benzene rings is 2. The van der Waals surface area contributed by atoms with E-state index in [0.717, 1.165) is 0 Å². The number of ketones is 1. The molecule has 1 N–H and O–H groups in total. The van der Waals surface area contributed by atoms with Gasteiger partial charge in [0.2, 0.25) is 5.78 Å². The van der Waals surface area contributed by atoms with Crippen LogP contribution in [-0.4, -0.2) is 15.9 Å². The van der Waals surface area contributed by atoms with E-state index in [9.17, 15) is 9.90 Å². The lowest BCUT2D eigenvalue weighted by molar-refractivity contribution is 0.0487. The molecule has 0 saturated heterocycles. The lowest BCUT2D eigenvalue weighted by Crippen LogP contribution is -2.37. The number of Topliss-reactive ketones (excluding diaryl/α,β-unsaturated/α-hetero) is 1. The first kappa shape index (κ1) is 14.2. The fraction of sp³-hybridized carbons (Fsp3) is 0.0526. The Morgan fingerprint density at radius 2 is 1.27 bits per heavy atom. The predicted octanol–water partition coefficient (Wildman–Crippen LogP) is 3.20. The van der Waals surface area contributed by atoms with Gasteiger partial charge < -0.3 is 5.11 Å². The summed E-state index contributed by atoms with van der Waals surface area (Å²) in [7, 11) is 0. The first-order valence-electron chi connectivity index (χ1n) is 7.01. The van der Waals surface area contributed by atoms with E-state index in [0.29, 0.717) is 16.7 Å². The number of hydrogen-bond acceptors (Lipinski definition) is 3. The number of hydrogen-bond donors (Lipinski definition) is 1. The smallest absolute Gasteiger partial charge is 0.203 e. The van der Waals surface area contributed by atoms with Crippen LogP contribution in [0.2, 0.25) is 0 Å². The fourth-order valence-electron chi connectivity index (χ4n) is 2.50. The zero-order chi connectivity index (χ0) is 15.4. The maximum absolute atomic E-state index is 13.0. The molecule has 0 saturated carbocycles. The van der Waals surface area contributed by atoms with Crippen molar-refractivity contribution in [2.24, 2.45) is 0 Å². The Morgan fingerprint density at radius 1 is 0.773 bits per heavy atom. The van der Waals surface area contributed by atoms with Crippen LogP contribution in [0.1, 0.15) is 21.5 Å². The minimum atomic E-state index is -1.73. The van der Waals surface area contributed by atoms with E-state index < -0.39 is 5.60 Å². The summed E-state index contributed by atoms with van der Waals surface area (Å²) in [5, 5.41) is 11.3. The molecule has 22 heavy (non-hydrogen) atoms. The standard InChI is InChI=1S/C19H15NO2/c21-18(15-7-3-1-4-8-15)19(22,16-9-5-2-6-10-16)17-11-13-20-14-12-17/h1-14,22H. The molecule has 3 nitrogen and oxygen atoms in total. The number of pyridine rings is 1. The molecule has 0 bridgehead atoms. The van der Waals surface area contributed by atoms with Crippen molar-refractivity contribution in [2.75, 3.05) is 0 Å². The summed E-state index contributed by atoms with van der Waals surface area (Å²) < 4.78 is 0. The quantitative estimate of drug-likeness (QED) is 0.750. The highest BCUT2D eigenvalue weighted by atomic mass is 16.3. The zero-order valence-electron chi connectivity index (χ0n) is 11.9. The van der Waals surface area contributed by atoms with Gasteiger partial charge in [-0.25, -0.2) is 0 Å². The largest absolute Gasteiger partial charge is 0.373 e. The van der Waals surface area contributed by atoms with E-state index in [1.54, 1.807) is 73.1 Å². The monoisotopic (exact) mass is 289 g/mol. The predicted molar refractivity (Wildman–Crippen MR) is 84.5 cm³/mol. The number of rotatable bonds is 4. The summed E-state index contributed by atoms with van der Waals surface area (Å²) in [6.07, 6.45) is 3.14. The molecule has 1 atom stereocenters. The molecule has 0 radical (unpaired) electrons. The van der Waals surface area contributed by atoms with Crippen LogP contribution in [0.5, 0.6) is 0 Å². The average molecular weight is 289 g/mol. The van der Waals surface area contributed by atoms with E-state index in [1.165, 1.54) is 0 Å². The van der Waals surface area contributed by atoms with Crippen molar-refractivity contribution >= 4 is 5.78 Å². The van der Waals surface area contributed by atoms with Crippen LogP contribution in [0.3, 0.4) is 0 Å². The van der Waals surface area contributed by atoms with Gasteiger partial charge in [0.1, 0.15) is 0 Å². The van der Waals surface area contributed by atoms with E-state index in [4.69, 9.17) is 0 Å². The number of nitrogens with zero attached hydrogens (tertiary/aromatic N) is 1. The summed E-state index contributed by atoms with van der Waals surface area (Å²) in [5.74, 6) is -0.356. The summed E-state index contributed by atoms with van der Waals surface area (Å²) in [6.45, 7) is 0. The molecule has 108 valence electrons. The molecule has 1 unspecified atom stereocenters. The third kappa shape index (κ3) is 2.43. The second-order valence-electron chi connectivity index (χ2n) is 5.01. The van der Waals surface area contributed by atoms with Gasteiger partial charge in [0.05, 0.1) is 0 Å². The molecule has 2 aromatic carbocycles. The highest BCUT2D eigenvalue weighted by Gasteiger charge is 2.40. The maximum atomic E-state index is 13.0. The summed E-state index contributed by atoms with van der Waals surface area (Å²) in [6, 6.07) is 21.1. The SMILES string of the molecule is O=C(c1ccccc1)C(O)(c1ccccc1)c1ccncc1. The van der Waals surface area contributed by atoms with E-state index in [1.807, 2.05) is 12.1 Å². The van der Waals surface area contributed by atoms with Crippen LogP contribution in [0.4, 0.5) is 0 Å². The Hall–Kier alpha value is -2.78. The molecule has 0 amide bonds. The summed E-state index contributed by atoms with van der Waals surface area (Å²) in [5.41, 5.74) is -0.228. The van der Waals surface area contributed by atoms with Crippen molar-refractivity contribution < 1.29 is 9.90 Å². The van der Waals surface area contributed by atoms with Gasteiger partial charge in [0.25, 0.3) is 0 Å². The van der Waals surface area contributed by atoms with Crippen LogP contribution in [0.15, 0.2) is 85.2 Å². The molecule has 0 aliphatic heterocycles. The molecule has 3 heteroatoms. The van der Waals surface area contributed by atoms with Crippen molar-refractivity contribution in [2.45, 2.75) is 5.60 Å². The van der Waals surface area contributed by atoms with Gasteiger partial charge in [0, 0.05) is 18.0 Å². The molecular formula is C19H15NO2.